The average molecular weight is 239 g/mol. The molecule has 0 saturated heterocycles. The normalized spacial score (nSPS) is 20.3. The highest BCUT2D eigenvalue weighted by Crippen LogP contribution is 2.42. The number of ether oxygens (including phenoxy) is 1. The van der Waals surface area contributed by atoms with Crippen LogP contribution in [0.2, 0.25) is 0 Å². The van der Waals surface area contributed by atoms with E-state index < -0.39 is 0 Å². The summed E-state index contributed by atoms with van der Waals surface area (Å²) in [5, 5.41) is 3.99. The first kappa shape index (κ1) is 12.5. The first-order valence-electron chi connectivity index (χ1n) is 6.05. The van der Waals surface area contributed by atoms with Crippen LogP contribution in [-0.4, -0.2) is 17.3 Å². The number of hydrogen-bond donors (Lipinski definition) is 1. The third kappa shape index (κ3) is 2.66. The zero-order chi connectivity index (χ0) is 12.6. The molecule has 1 aliphatic rings. The predicted molar refractivity (Wildman–Crippen MR) is 63.2 cm³/mol. The van der Waals surface area contributed by atoms with Crippen molar-refractivity contribution in [1.29, 1.82) is 0 Å². The molecule has 0 bridgehead atoms. The van der Waals surface area contributed by atoms with Gasteiger partial charge >= 0.3 is 0 Å². The summed E-state index contributed by atoms with van der Waals surface area (Å²) in [7, 11) is 1.68. The van der Waals surface area contributed by atoms with Crippen LogP contribution >= 0.6 is 0 Å². The van der Waals surface area contributed by atoms with Crippen LogP contribution in [0.3, 0.4) is 0 Å². The van der Waals surface area contributed by atoms with Crippen molar-refractivity contribution in [3.8, 4) is 0 Å². The largest absolute Gasteiger partial charge is 0.373 e. The lowest BCUT2D eigenvalue weighted by atomic mass is 9.87. The number of aromatic nitrogens is 2. The zero-order valence-corrected chi connectivity index (χ0v) is 10.9. The van der Waals surface area contributed by atoms with Crippen molar-refractivity contribution < 1.29 is 9.26 Å². The topological polar surface area (TPSA) is 74.2 Å². The highest BCUT2D eigenvalue weighted by Gasteiger charge is 2.36. The van der Waals surface area contributed by atoms with Crippen molar-refractivity contribution in [1.82, 2.24) is 10.1 Å². The van der Waals surface area contributed by atoms with Crippen LogP contribution < -0.4 is 5.73 Å². The van der Waals surface area contributed by atoms with Gasteiger partial charge in [0.15, 0.2) is 0 Å². The van der Waals surface area contributed by atoms with E-state index in [1.807, 2.05) is 0 Å². The van der Waals surface area contributed by atoms with Crippen LogP contribution in [0, 0.1) is 11.3 Å². The maximum absolute atomic E-state index is 6.08. The quantitative estimate of drug-likeness (QED) is 0.872. The number of methoxy groups -OCH3 is 1. The van der Waals surface area contributed by atoms with Gasteiger partial charge in [-0.2, -0.15) is 4.98 Å². The average Bonchev–Trinajstić information content (AvgIpc) is 2.95. The maximum atomic E-state index is 6.08. The van der Waals surface area contributed by atoms with E-state index in [0.717, 1.165) is 0 Å². The molecule has 0 aromatic carbocycles. The molecule has 2 atom stereocenters. The van der Waals surface area contributed by atoms with Gasteiger partial charge in [-0.3, -0.25) is 0 Å². The Hall–Kier alpha value is -0.940. The van der Waals surface area contributed by atoms with Crippen LogP contribution in [0.1, 0.15) is 57.5 Å². The Bertz CT molecular complexity index is 363. The van der Waals surface area contributed by atoms with Crippen LogP contribution in [-0.2, 0) is 4.74 Å². The molecule has 0 aliphatic heterocycles. The Labute approximate surface area is 102 Å². The highest BCUT2D eigenvalue weighted by molar-refractivity contribution is 5.02. The fourth-order valence-corrected chi connectivity index (χ4v) is 1.77. The fraction of sp³-hybridized carbons (Fsp3) is 0.833. The van der Waals surface area contributed by atoms with Gasteiger partial charge in [0.25, 0.3) is 0 Å². The standard InChI is InChI=1S/C12H21N3O2/c1-12(2,3)9(13)11-14-10(15-17-11)8(16-4)7-5-6-7/h7-9H,5-6,13H2,1-4H3. The van der Waals surface area contributed by atoms with Crippen LogP contribution in [0.25, 0.3) is 0 Å². The van der Waals surface area contributed by atoms with Gasteiger partial charge in [-0.25, -0.2) is 0 Å². The Kier molecular flexibility index (Phi) is 3.23. The Morgan fingerprint density at radius 2 is 2.06 bits per heavy atom. The first-order chi connectivity index (χ1) is 7.93. The first-order valence-corrected chi connectivity index (χ1v) is 6.05. The van der Waals surface area contributed by atoms with E-state index in [4.69, 9.17) is 15.0 Å². The lowest BCUT2D eigenvalue weighted by molar-refractivity contribution is 0.0751. The number of nitrogens with two attached hydrogens (primary N) is 1. The Morgan fingerprint density at radius 1 is 1.41 bits per heavy atom. The minimum atomic E-state index is -0.250. The highest BCUT2D eigenvalue weighted by atomic mass is 16.5. The van der Waals surface area contributed by atoms with Crippen molar-refractivity contribution in [2.45, 2.75) is 45.8 Å². The summed E-state index contributed by atoms with van der Waals surface area (Å²) >= 11 is 0. The van der Waals surface area contributed by atoms with Gasteiger partial charge in [0.1, 0.15) is 6.10 Å². The van der Waals surface area contributed by atoms with Gasteiger partial charge in [-0.15, -0.1) is 0 Å². The molecule has 0 spiro atoms. The molecule has 2 N–H and O–H groups in total. The van der Waals surface area contributed by atoms with Gasteiger partial charge in [-0.05, 0) is 24.2 Å². The van der Waals surface area contributed by atoms with E-state index in [1.54, 1.807) is 7.11 Å². The molecule has 1 fully saturated rings. The molecule has 1 aromatic heterocycles. The molecule has 96 valence electrons. The second-order valence-corrected chi connectivity index (χ2v) is 5.83. The van der Waals surface area contributed by atoms with E-state index in [-0.39, 0.29) is 17.6 Å². The smallest absolute Gasteiger partial charge is 0.244 e. The predicted octanol–water partition coefficient (Wildman–Crippen LogP) is 2.21. The van der Waals surface area contributed by atoms with Gasteiger partial charge < -0.3 is 15.0 Å². The monoisotopic (exact) mass is 239 g/mol. The third-order valence-electron chi connectivity index (χ3n) is 3.22. The van der Waals surface area contributed by atoms with E-state index in [9.17, 15) is 0 Å². The number of hydrogen-bond acceptors (Lipinski definition) is 5. The fourth-order valence-electron chi connectivity index (χ4n) is 1.77. The molecule has 5 heteroatoms. The van der Waals surface area contributed by atoms with Gasteiger partial charge in [0.2, 0.25) is 11.7 Å². The minimum Gasteiger partial charge on any atom is -0.373 e. The molecule has 1 heterocycles. The summed E-state index contributed by atoms with van der Waals surface area (Å²) in [5.41, 5.74) is 5.99. The summed E-state index contributed by atoms with van der Waals surface area (Å²) in [6.07, 6.45) is 2.31. The van der Waals surface area contributed by atoms with Crippen molar-refractivity contribution in [2.75, 3.05) is 7.11 Å². The van der Waals surface area contributed by atoms with Gasteiger partial charge in [-0.1, -0.05) is 25.9 Å². The van der Waals surface area contributed by atoms with Crippen molar-refractivity contribution >= 4 is 0 Å². The number of nitrogens with zero attached hydrogens (tertiary/aromatic N) is 2. The maximum Gasteiger partial charge on any atom is 0.244 e. The van der Waals surface area contributed by atoms with Crippen LogP contribution in [0.4, 0.5) is 0 Å². The molecule has 2 rings (SSSR count). The van der Waals surface area contributed by atoms with E-state index >= 15 is 0 Å². The number of rotatable bonds is 4. The molecule has 1 aromatic rings. The van der Waals surface area contributed by atoms with E-state index in [0.29, 0.717) is 17.6 Å². The van der Waals surface area contributed by atoms with Crippen LogP contribution in [0.15, 0.2) is 4.52 Å². The van der Waals surface area contributed by atoms with E-state index in [2.05, 4.69) is 30.9 Å². The molecule has 1 aliphatic carbocycles. The Balaban J connectivity index is 2.14. The lowest BCUT2D eigenvalue weighted by Crippen LogP contribution is -2.26. The Morgan fingerprint density at radius 3 is 2.53 bits per heavy atom. The molecule has 0 amide bonds. The van der Waals surface area contributed by atoms with Crippen molar-refractivity contribution in [3.05, 3.63) is 11.7 Å². The zero-order valence-electron chi connectivity index (χ0n) is 10.9. The summed E-state index contributed by atoms with van der Waals surface area (Å²) < 4.78 is 10.7. The second kappa shape index (κ2) is 4.38. The summed E-state index contributed by atoms with van der Waals surface area (Å²) in [5.74, 6) is 1.66. The summed E-state index contributed by atoms with van der Waals surface area (Å²) in [6.45, 7) is 6.16. The van der Waals surface area contributed by atoms with Crippen molar-refractivity contribution in [3.63, 3.8) is 0 Å². The molecule has 5 nitrogen and oxygen atoms in total. The van der Waals surface area contributed by atoms with Gasteiger partial charge in [0, 0.05) is 7.11 Å². The SMILES string of the molecule is COC(c1noc(C(N)C(C)(C)C)n1)C1CC1. The second-order valence-electron chi connectivity index (χ2n) is 5.83. The minimum absolute atomic E-state index is 0.0420. The molecular weight excluding hydrogens is 218 g/mol. The molecule has 0 radical (unpaired) electrons. The molecule has 1 saturated carbocycles. The van der Waals surface area contributed by atoms with Crippen LogP contribution in [0.5, 0.6) is 0 Å². The summed E-state index contributed by atoms with van der Waals surface area (Å²) in [4.78, 5) is 4.38. The molecule has 2 unspecified atom stereocenters. The summed E-state index contributed by atoms with van der Waals surface area (Å²) in [6, 6.07) is -0.250. The third-order valence-corrected chi connectivity index (χ3v) is 3.22. The van der Waals surface area contributed by atoms with Gasteiger partial charge in [0.05, 0.1) is 6.04 Å². The van der Waals surface area contributed by atoms with Crippen molar-refractivity contribution in [2.24, 2.45) is 17.1 Å². The molecule has 17 heavy (non-hydrogen) atoms. The molecular formula is C12H21N3O2. The van der Waals surface area contributed by atoms with E-state index in [1.165, 1.54) is 12.8 Å². The lowest BCUT2D eigenvalue weighted by Gasteiger charge is -2.23.